The summed E-state index contributed by atoms with van der Waals surface area (Å²) in [5.74, 6) is -3.66. The summed E-state index contributed by atoms with van der Waals surface area (Å²) in [5, 5.41) is 40.3. The SMILES string of the molecule is C[C@H](CC(=O)C[C@@H](C)[C@H]1C[C@H](O)[C@@]2(C)C3=C(C(=O)C[C@]12C)[C@@]1(C)CCC(=O)C(C)(C)[C@@H]1C[C@@H]3O)C(=O)NCc1cn(CCOCCOCCOCCOCCNc2cccc3c2C(=O)N(C2CCC(=O)NC2=O)C3=O)nn1. The van der Waals surface area contributed by atoms with Crippen LogP contribution in [-0.4, -0.2) is 155 Å². The highest BCUT2D eigenvalue weighted by molar-refractivity contribution is 6.25. The van der Waals surface area contributed by atoms with Gasteiger partial charge in [-0.1, -0.05) is 59.7 Å². The highest BCUT2D eigenvalue weighted by atomic mass is 16.6. The molecule has 77 heavy (non-hydrogen) atoms. The van der Waals surface area contributed by atoms with Crippen molar-refractivity contribution in [2.75, 3.05) is 64.7 Å². The zero-order valence-corrected chi connectivity index (χ0v) is 45.6. The fraction of sp³-hybridized carbons (Fsp3) is 0.679. The fourth-order valence-electron chi connectivity index (χ4n) is 13.9. The van der Waals surface area contributed by atoms with E-state index in [0.29, 0.717) is 114 Å². The molecule has 3 heterocycles. The molecule has 3 fully saturated rings. The van der Waals surface area contributed by atoms with Crippen LogP contribution in [0.5, 0.6) is 0 Å². The smallest absolute Gasteiger partial charge is 0.264 e. The summed E-state index contributed by atoms with van der Waals surface area (Å²) in [5.41, 5.74) is -0.235. The highest BCUT2D eigenvalue weighted by Gasteiger charge is 2.70. The fourth-order valence-corrected chi connectivity index (χ4v) is 13.9. The number of ketones is 3. The van der Waals surface area contributed by atoms with E-state index in [0.717, 1.165) is 4.90 Å². The molecular formula is C56H77N7O14. The van der Waals surface area contributed by atoms with Crippen molar-refractivity contribution in [1.82, 2.24) is 30.5 Å². The van der Waals surface area contributed by atoms with Gasteiger partial charge in [0.15, 0.2) is 5.78 Å². The number of aliphatic hydroxyl groups is 2. The summed E-state index contributed by atoms with van der Waals surface area (Å²) in [4.78, 5) is 105. The number of nitrogens with one attached hydrogen (secondary N) is 3. The van der Waals surface area contributed by atoms with E-state index >= 15 is 0 Å². The molecule has 21 nitrogen and oxygen atoms in total. The number of piperidine rings is 1. The molecule has 1 aromatic heterocycles. The molecule has 1 aromatic carbocycles. The van der Waals surface area contributed by atoms with Gasteiger partial charge in [0.05, 0.1) is 95.5 Å². The second kappa shape index (κ2) is 23.4. The lowest BCUT2D eigenvalue weighted by atomic mass is 9.42. The lowest BCUT2D eigenvalue weighted by molar-refractivity contribution is -0.146. The summed E-state index contributed by atoms with van der Waals surface area (Å²) >= 11 is 0. The van der Waals surface area contributed by atoms with Crippen molar-refractivity contribution in [3.63, 3.8) is 0 Å². The molecule has 2 saturated carbocycles. The Hall–Kier alpha value is -5.58. The Morgan fingerprint density at radius 1 is 0.857 bits per heavy atom. The molecular weight excluding hydrogens is 995 g/mol. The maximum atomic E-state index is 14.4. The molecule has 21 heteroatoms. The maximum Gasteiger partial charge on any atom is 0.264 e. The van der Waals surface area contributed by atoms with E-state index in [9.17, 15) is 48.6 Å². The van der Waals surface area contributed by atoms with Crippen LogP contribution in [0.4, 0.5) is 5.69 Å². The molecule has 10 atom stereocenters. The number of carbonyl (C=O) groups is 8. The maximum absolute atomic E-state index is 14.4. The largest absolute Gasteiger partial charge is 0.392 e. The van der Waals surface area contributed by atoms with Crippen LogP contribution in [0.25, 0.3) is 0 Å². The van der Waals surface area contributed by atoms with Gasteiger partial charge in [0, 0.05) is 72.1 Å². The molecule has 0 radical (unpaired) electrons. The van der Waals surface area contributed by atoms with Gasteiger partial charge in [-0.15, -0.1) is 5.10 Å². The van der Waals surface area contributed by atoms with E-state index in [-0.39, 0.29) is 90.8 Å². The van der Waals surface area contributed by atoms with Crippen molar-refractivity contribution in [3.8, 4) is 0 Å². The van der Waals surface area contributed by atoms with E-state index < -0.39 is 69.5 Å². The van der Waals surface area contributed by atoms with Gasteiger partial charge < -0.3 is 39.8 Å². The van der Waals surface area contributed by atoms with Crippen LogP contribution in [0.2, 0.25) is 0 Å². The number of ether oxygens (including phenoxy) is 4. The Balaban J connectivity index is 0.666. The summed E-state index contributed by atoms with van der Waals surface area (Å²) in [7, 11) is 0. The molecule has 6 aliphatic rings. The van der Waals surface area contributed by atoms with Crippen LogP contribution in [0.15, 0.2) is 35.5 Å². The number of amides is 5. The number of nitrogens with zero attached hydrogens (tertiary/aromatic N) is 4. The molecule has 8 rings (SSSR count). The van der Waals surface area contributed by atoms with E-state index in [1.165, 1.54) is 6.07 Å². The molecule has 1 saturated heterocycles. The van der Waals surface area contributed by atoms with Crippen molar-refractivity contribution < 1.29 is 67.5 Å². The number of anilines is 1. The third kappa shape index (κ3) is 11.2. The second-order valence-electron chi connectivity index (χ2n) is 23.3. The quantitative estimate of drug-likeness (QED) is 0.0702. The predicted molar refractivity (Wildman–Crippen MR) is 277 cm³/mol. The number of imide groups is 2. The zero-order chi connectivity index (χ0) is 55.6. The number of hydrogen-bond donors (Lipinski definition) is 5. The Morgan fingerprint density at radius 3 is 2.22 bits per heavy atom. The minimum absolute atomic E-state index is 0.0269. The number of rotatable bonds is 25. The number of Topliss-reactive ketones (excluding diaryl/α,β-unsaturated/α-hetero) is 3. The van der Waals surface area contributed by atoms with Crippen LogP contribution in [0.1, 0.15) is 133 Å². The molecule has 5 N–H and O–H groups in total. The summed E-state index contributed by atoms with van der Waals surface area (Å²) < 4.78 is 24.1. The molecule has 420 valence electrons. The van der Waals surface area contributed by atoms with Crippen LogP contribution in [-0.2, 0) is 60.8 Å². The first-order chi connectivity index (χ1) is 36.5. The summed E-state index contributed by atoms with van der Waals surface area (Å²) in [6.45, 7) is 17.3. The third-order valence-corrected chi connectivity index (χ3v) is 18.2. The van der Waals surface area contributed by atoms with Crippen molar-refractivity contribution in [3.05, 3.63) is 52.4 Å². The number of fused-ring (bicyclic) bond motifs is 5. The Labute approximate surface area is 449 Å². The van der Waals surface area contributed by atoms with Gasteiger partial charge in [-0.25, -0.2) is 4.68 Å². The molecule has 0 bridgehead atoms. The van der Waals surface area contributed by atoms with Gasteiger partial charge in [0.25, 0.3) is 11.8 Å². The van der Waals surface area contributed by atoms with E-state index in [2.05, 4.69) is 33.2 Å². The second-order valence-corrected chi connectivity index (χ2v) is 23.3. The van der Waals surface area contributed by atoms with Crippen LogP contribution >= 0.6 is 0 Å². The average molecular weight is 1070 g/mol. The van der Waals surface area contributed by atoms with Crippen molar-refractivity contribution in [1.29, 1.82) is 0 Å². The number of aliphatic hydroxyl groups excluding tert-OH is 2. The summed E-state index contributed by atoms with van der Waals surface area (Å²) in [6.07, 6.45) is 2.11. The first kappa shape index (κ1) is 57.6. The number of hydrogen-bond acceptors (Lipinski definition) is 17. The number of carbonyl (C=O) groups excluding carboxylic acids is 8. The average Bonchev–Trinajstić information content (AvgIpc) is 4.18. The molecule has 0 spiro atoms. The molecule has 5 amide bonds. The van der Waals surface area contributed by atoms with Crippen molar-refractivity contribution in [2.45, 2.75) is 138 Å². The Bertz CT molecular complexity index is 2670. The molecule has 2 aliphatic heterocycles. The van der Waals surface area contributed by atoms with Gasteiger partial charge in [0.1, 0.15) is 23.3 Å². The topological polar surface area (TPSA) is 284 Å². The number of aromatic nitrogens is 3. The van der Waals surface area contributed by atoms with E-state index in [1.807, 2.05) is 34.6 Å². The lowest BCUT2D eigenvalue weighted by Crippen LogP contribution is -2.60. The minimum Gasteiger partial charge on any atom is -0.392 e. The standard InChI is InChI=1S/C56H77N7O14/c1-32(37-27-44(68)56(7)48-40(65)28-42-53(3,4)43(67)13-14-54(42,5)47(48)41(66)29-55(37,56)6)25-35(64)26-33(2)49(70)58-30-34-31-62(61-60-34)16-18-75-20-22-77-24-23-76-21-19-74-17-15-57-38-10-8-9-36-46(38)52(73)63(51(36)72)39-11-12-45(69)59-50(39)71/h8-10,31-33,37,39-40,42,44,57,65,68H,11-30H2,1-7H3,(H,58,70)(H,59,69,71)/t32-,33-,37-,39?,40+,42+,44+,54+,55-,56+/m1/s1. The van der Waals surface area contributed by atoms with E-state index in [4.69, 9.17) is 18.9 Å². The van der Waals surface area contributed by atoms with Gasteiger partial charge in [-0.05, 0) is 66.6 Å². The predicted octanol–water partition coefficient (Wildman–Crippen LogP) is 3.53. The van der Waals surface area contributed by atoms with Crippen molar-refractivity contribution >= 4 is 52.6 Å². The van der Waals surface area contributed by atoms with E-state index in [1.54, 1.807) is 29.9 Å². The number of benzene rings is 1. The number of allylic oxidation sites excluding steroid dienone is 1. The van der Waals surface area contributed by atoms with Crippen molar-refractivity contribution in [2.24, 2.45) is 45.3 Å². The zero-order valence-electron chi connectivity index (χ0n) is 45.6. The summed E-state index contributed by atoms with van der Waals surface area (Å²) in [6, 6.07) is 3.84. The van der Waals surface area contributed by atoms with Crippen LogP contribution in [0.3, 0.4) is 0 Å². The van der Waals surface area contributed by atoms with Gasteiger partial charge in [-0.2, -0.15) is 0 Å². The van der Waals surface area contributed by atoms with Crippen LogP contribution in [0, 0.1) is 45.3 Å². The van der Waals surface area contributed by atoms with Crippen LogP contribution < -0.4 is 16.0 Å². The molecule has 2 aromatic rings. The monoisotopic (exact) mass is 1070 g/mol. The molecule has 4 aliphatic carbocycles. The normalized spacial score (nSPS) is 29.4. The van der Waals surface area contributed by atoms with Gasteiger partial charge >= 0.3 is 0 Å². The highest BCUT2D eigenvalue weighted by Crippen LogP contribution is 2.71. The Kier molecular flexibility index (Phi) is 17.5. The minimum atomic E-state index is -1.04. The first-order valence-electron chi connectivity index (χ1n) is 27.3. The molecule has 1 unspecified atom stereocenters. The Morgan fingerprint density at radius 2 is 1.53 bits per heavy atom. The van der Waals surface area contributed by atoms with Gasteiger partial charge in [0.2, 0.25) is 17.7 Å². The van der Waals surface area contributed by atoms with Gasteiger partial charge in [-0.3, -0.25) is 48.6 Å². The lowest BCUT2D eigenvalue weighted by Gasteiger charge is -2.61. The first-order valence-corrected chi connectivity index (χ1v) is 27.3. The third-order valence-electron chi connectivity index (χ3n) is 18.2.